The summed E-state index contributed by atoms with van der Waals surface area (Å²) in [6, 6.07) is 0.282. The lowest BCUT2D eigenvalue weighted by atomic mass is 10.0. The Morgan fingerprint density at radius 2 is 1.75 bits per heavy atom. The Morgan fingerprint density at radius 1 is 1.12 bits per heavy atom. The number of aliphatic carboxylic acids is 1. The summed E-state index contributed by atoms with van der Waals surface area (Å²) in [5.74, 6) is 0.0800. The van der Waals surface area contributed by atoms with E-state index in [0.29, 0.717) is 13.0 Å². The molecule has 5 heteroatoms. The maximum Gasteiger partial charge on any atom is 0.303 e. The summed E-state index contributed by atoms with van der Waals surface area (Å²) < 4.78 is 0. The van der Waals surface area contributed by atoms with Gasteiger partial charge in [-0.15, -0.1) is 0 Å². The third kappa shape index (κ3) is 9.26. The number of unbranched alkanes of at least 4 members (excludes halogenated alkanes) is 8. The van der Waals surface area contributed by atoms with Gasteiger partial charge in [-0.05, 0) is 6.42 Å². The maximum absolute atomic E-state index is 10.7. The van der Waals surface area contributed by atoms with Crippen LogP contribution < -0.4 is 0 Å². The van der Waals surface area contributed by atoms with Crippen molar-refractivity contribution in [2.24, 2.45) is 4.99 Å². The van der Waals surface area contributed by atoms with Crippen LogP contribution in [0.25, 0.3) is 0 Å². The van der Waals surface area contributed by atoms with Crippen molar-refractivity contribution in [3.8, 4) is 0 Å². The van der Waals surface area contributed by atoms with Gasteiger partial charge in [-0.25, -0.2) is 0 Å². The van der Waals surface area contributed by atoms with Gasteiger partial charge in [0.15, 0.2) is 0 Å². The van der Waals surface area contributed by atoms with Gasteiger partial charge >= 0.3 is 5.97 Å². The second-order valence-electron chi connectivity index (χ2n) is 6.88. The number of nitrogens with zero attached hydrogens (tertiary/aromatic N) is 2. The molecule has 2 N–H and O–H groups in total. The van der Waals surface area contributed by atoms with Gasteiger partial charge in [0.2, 0.25) is 0 Å². The first-order chi connectivity index (χ1) is 11.7. The molecule has 1 heterocycles. The molecule has 0 fully saturated rings. The van der Waals surface area contributed by atoms with E-state index in [-0.39, 0.29) is 19.1 Å². The first-order valence-corrected chi connectivity index (χ1v) is 9.81. The molecule has 24 heavy (non-hydrogen) atoms. The van der Waals surface area contributed by atoms with Crippen molar-refractivity contribution in [1.82, 2.24) is 4.90 Å². The molecule has 0 aromatic heterocycles. The number of hydrogen-bond acceptors (Lipinski definition) is 4. The number of aliphatic hydroxyl groups excluding tert-OH is 1. The lowest BCUT2D eigenvalue weighted by molar-refractivity contribution is -0.136. The van der Waals surface area contributed by atoms with E-state index in [9.17, 15) is 4.79 Å². The molecule has 0 aliphatic carbocycles. The topological polar surface area (TPSA) is 73.1 Å². The zero-order valence-corrected chi connectivity index (χ0v) is 15.4. The molecule has 1 aliphatic rings. The number of β-amino-alcohol motifs (C(OH)–C–C–N with tert-alkyl or cyclic N) is 1. The van der Waals surface area contributed by atoms with Gasteiger partial charge in [0.05, 0.1) is 19.1 Å². The quantitative estimate of drug-likeness (QED) is 0.444. The number of carboxylic acids is 1. The number of hydrogen-bond donors (Lipinski definition) is 2. The monoisotopic (exact) mass is 340 g/mol. The van der Waals surface area contributed by atoms with Gasteiger partial charge in [-0.2, -0.15) is 0 Å². The zero-order chi connectivity index (χ0) is 17.6. The van der Waals surface area contributed by atoms with Crippen molar-refractivity contribution >= 4 is 11.8 Å². The second kappa shape index (κ2) is 13.2. The zero-order valence-electron chi connectivity index (χ0n) is 15.4. The fourth-order valence-corrected chi connectivity index (χ4v) is 3.32. The van der Waals surface area contributed by atoms with Gasteiger partial charge in [-0.3, -0.25) is 9.79 Å². The Hall–Kier alpha value is -1.10. The normalized spacial score (nSPS) is 17.3. The molecule has 0 aromatic rings. The largest absolute Gasteiger partial charge is 0.481 e. The molecular formula is C19H36N2O3. The third-order valence-corrected chi connectivity index (χ3v) is 4.70. The molecule has 1 rings (SSSR count). The lowest BCUT2D eigenvalue weighted by Gasteiger charge is -2.19. The second-order valence-corrected chi connectivity index (χ2v) is 6.88. The first-order valence-electron chi connectivity index (χ1n) is 9.81. The van der Waals surface area contributed by atoms with E-state index in [0.717, 1.165) is 18.8 Å². The predicted molar refractivity (Wildman–Crippen MR) is 98.6 cm³/mol. The van der Waals surface area contributed by atoms with Gasteiger partial charge < -0.3 is 15.1 Å². The Balaban J connectivity index is 2.14. The van der Waals surface area contributed by atoms with E-state index in [1.54, 1.807) is 0 Å². The Labute approximate surface area is 147 Å². The minimum absolute atomic E-state index is 0.0941. The summed E-state index contributed by atoms with van der Waals surface area (Å²) in [4.78, 5) is 17.5. The van der Waals surface area contributed by atoms with Crippen LogP contribution >= 0.6 is 0 Å². The number of amidine groups is 1. The highest BCUT2D eigenvalue weighted by Crippen LogP contribution is 2.18. The minimum atomic E-state index is -0.788. The van der Waals surface area contributed by atoms with Gasteiger partial charge in [0.1, 0.15) is 5.84 Å². The number of aliphatic hydroxyl groups is 1. The molecular weight excluding hydrogens is 304 g/mol. The van der Waals surface area contributed by atoms with E-state index in [1.807, 2.05) is 0 Å². The van der Waals surface area contributed by atoms with Crippen LogP contribution in [-0.2, 0) is 4.79 Å². The molecule has 0 amide bonds. The fraction of sp³-hybridized carbons (Fsp3) is 0.895. The maximum atomic E-state index is 10.7. The SMILES string of the molecule is CCCCCCCCCCCC1CN(CCO)C(CCC(=O)O)=N1. The van der Waals surface area contributed by atoms with Crippen molar-refractivity contribution < 1.29 is 15.0 Å². The summed E-state index contributed by atoms with van der Waals surface area (Å²) in [5, 5.41) is 18.0. The molecule has 0 bridgehead atoms. The van der Waals surface area contributed by atoms with Crippen molar-refractivity contribution in [3.63, 3.8) is 0 Å². The molecule has 5 nitrogen and oxygen atoms in total. The van der Waals surface area contributed by atoms with Crippen molar-refractivity contribution in [2.45, 2.75) is 90.0 Å². The summed E-state index contributed by atoms with van der Waals surface area (Å²) in [6.07, 6.45) is 13.6. The molecule has 140 valence electrons. The molecule has 0 spiro atoms. The van der Waals surface area contributed by atoms with Crippen molar-refractivity contribution in [1.29, 1.82) is 0 Å². The van der Waals surface area contributed by atoms with E-state index < -0.39 is 5.97 Å². The summed E-state index contributed by atoms with van der Waals surface area (Å²) in [7, 11) is 0. The Morgan fingerprint density at radius 3 is 2.33 bits per heavy atom. The summed E-state index contributed by atoms with van der Waals surface area (Å²) in [5.41, 5.74) is 0. The highest BCUT2D eigenvalue weighted by Gasteiger charge is 2.24. The highest BCUT2D eigenvalue weighted by molar-refractivity contribution is 5.86. The van der Waals surface area contributed by atoms with Crippen LogP contribution in [0.5, 0.6) is 0 Å². The lowest BCUT2D eigenvalue weighted by Crippen LogP contribution is -2.32. The molecule has 0 saturated heterocycles. The van der Waals surface area contributed by atoms with Crippen LogP contribution in [0.1, 0.15) is 84.0 Å². The van der Waals surface area contributed by atoms with Gasteiger partial charge in [0.25, 0.3) is 0 Å². The standard InChI is InChI=1S/C19H36N2O3/c1-2-3-4-5-6-7-8-9-10-11-17-16-21(14-15-22)18(20-17)12-13-19(23)24/h17,22H,2-16H2,1H3,(H,23,24). The Kier molecular flexibility index (Phi) is 11.5. The number of aliphatic imine (C=N–C) groups is 1. The van der Waals surface area contributed by atoms with Crippen molar-refractivity contribution in [3.05, 3.63) is 0 Å². The van der Waals surface area contributed by atoms with Crippen LogP contribution in [0.3, 0.4) is 0 Å². The van der Waals surface area contributed by atoms with E-state index in [4.69, 9.17) is 15.2 Å². The number of carbonyl (C=O) groups is 1. The minimum Gasteiger partial charge on any atom is -0.481 e. The van der Waals surface area contributed by atoms with E-state index in [1.165, 1.54) is 57.8 Å². The molecule has 1 aliphatic heterocycles. The number of rotatable bonds is 15. The smallest absolute Gasteiger partial charge is 0.303 e. The van der Waals surface area contributed by atoms with E-state index in [2.05, 4.69) is 11.8 Å². The average Bonchev–Trinajstić information content (AvgIpc) is 2.94. The molecule has 0 radical (unpaired) electrons. The number of carboxylic acid groups (broad SMARTS) is 1. The molecule has 1 atom stereocenters. The first kappa shape index (κ1) is 20.9. The Bertz CT molecular complexity index is 372. The molecule has 0 aromatic carbocycles. The molecule has 1 unspecified atom stereocenters. The van der Waals surface area contributed by atoms with Crippen LogP contribution in [0.4, 0.5) is 0 Å². The third-order valence-electron chi connectivity index (χ3n) is 4.70. The van der Waals surface area contributed by atoms with Gasteiger partial charge in [-0.1, -0.05) is 64.7 Å². The molecule has 0 saturated carbocycles. The summed E-state index contributed by atoms with van der Waals surface area (Å²) in [6.45, 7) is 3.75. The van der Waals surface area contributed by atoms with Crippen LogP contribution in [-0.4, -0.2) is 52.7 Å². The van der Waals surface area contributed by atoms with E-state index >= 15 is 0 Å². The van der Waals surface area contributed by atoms with Crippen LogP contribution in [0, 0.1) is 0 Å². The summed E-state index contributed by atoms with van der Waals surface area (Å²) >= 11 is 0. The fourth-order valence-electron chi connectivity index (χ4n) is 3.32. The van der Waals surface area contributed by atoms with Crippen LogP contribution in [0.2, 0.25) is 0 Å². The van der Waals surface area contributed by atoms with Gasteiger partial charge in [0, 0.05) is 19.5 Å². The predicted octanol–water partition coefficient (Wildman–Crippen LogP) is 3.85. The highest BCUT2D eigenvalue weighted by atomic mass is 16.4. The average molecular weight is 341 g/mol. The van der Waals surface area contributed by atoms with Crippen LogP contribution in [0.15, 0.2) is 4.99 Å². The van der Waals surface area contributed by atoms with Crippen molar-refractivity contribution in [2.75, 3.05) is 19.7 Å².